The number of carboxylic acids is 1. The van der Waals surface area contributed by atoms with Gasteiger partial charge in [0.05, 0.1) is 0 Å². The zero-order valence-electron chi connectivity index (χ0n) is 26.3. The lowest BCUT2D eigenvalue weighted by atomic mass is 9.43. The zero-order valence-corrected chi connectivity index (χ0v) is 26.3. The number of ether oxygens (including phenoxy) is 2. The van der Waals surface area contributed by atoms with Gasteiger partial charge < -0.3 is 14.6 Å². The molecule has 0 bridgehead atoms. The van der Waals surface area contributed by atoms with Crippen molar-refractivity contribution in [2.45, 2.75) is 132 Å². The Balaban J connectivity index is 1.71. The quantitative estimate of drug-likeness (QED) is 0.197. The molecule has 0 unspecified atom stereocenters. The summed E-state index contributed by atoms with van der Waals surface area (Å²) in [5.74, 6) is -0.0629. The van der Waals surface area contributed by atoms with E-state index in [2.05, 4.69) is 41.5 Å². The number of hydrogen-bond donors (Lipinski definition) is 1. The lowest BCUT2D eigenvalue weighted by molar-refractivity contribution is -0.168. The second kappa shape index (κ2) is 10.6. The third kappa shape index (κ3) is 4.75. The normalized spacial score (nSPS) is 39.5. The van der Waals surface area contributed by atoms with Crippen LogP contribution in [-0.2, 0) is 23.9 Å². The van der Waals surface area contributed by atoms with Crippen LogP contribution in [-0.4, -0.2) is 35.2 Å². The topological polar surface area (TPSA) is 89.9 Å². The van der Waals surface area contributed by atoms with Crippen molar-refractivity contribution in [3.05, 3.63) is 22.8 Å². The summed E-state index contributed by atoms with van der Waals surface area (Å²) in [4.78, 5) is 35.6. The van der Waals surface area contributed by atoms with Crippen molar-refractivity contribution in [2.24, 2.45) is 39.4 Å². The van der Waals surface area contributed by atoms with E-state index in [0.717, 1.165) is 57.8 Å². The Morgan fingerprint density at radius 2 is 1.55 bits per heavy atom. The monoisotopic (exact) mass is 556 g/mol. The van der Waals surface area contributed by atoms with Gasteiger partial charge in [0.1, 0.15) is 12.2 Å². The summed E-state index contributed by atoms with van der Waals surface area (Å²) in [6.07, 6.45) is 10.2. The van der Waals surface area contributed by atoms with Gasteiger partial charge in [0, 0.05) is 30.3 Å². The maximum Gasteiger partial charge on any atom is 0.330 e. The minimum atomic E-state index is -0.858. The first-order valence-electron chi connectivity index (χ1n) is 15.5. The van der Waals surface area contributed by atoms with Crippen LogP contribution in [0.5, 0.6) is 0 Å². The molecule has 0 aromatic heterocycles. The first-order chi connectivity index (χ1) is 18.5. The number of carbonyl (C=O) groups is 3. The molecule has 40 heavy (non-hydrogen) atoms. The van der Waals surface area contributed by atoms with E-state index < -0.39 is 5.97 Å². The molecule has 0 aromatic rings. The second-order valence-corrected chi connectivity index (χ2v) is 14.7. The van der Waals surface area contributed by atoms with E-state index in [1.807, 2.05) is 6.08 Å². The lowest BCUT2D eigenvalue weighted by Crippen LogP contribution is -2.57. The molecule has 0 amide bonds. The highest BCUT2D eigenvalue weighted by atomic mass is 16.5. The predicted octanol–water partition coefficient (Wildman–Crippen LogP) is 7.66. The molecule has 1 N–H and O–H groups in total. The first-order valence-corrected chi connectivity index (χ1v) is 15.5. The lowest BCUT2D eigenvalue weighted by Gasteiger charge is -2.62. The molecule has 2 fully saturated rings. The molecule has 4 rings (SSSR count). The number of carboxylic acid groups (broad SMARTS) is 1. The molecule has 0 saturated heterocycles. The van der Waals surface area contributed by atoms with Crippen molar-refractivity contribution in [3.63, 3.8) is 0 Å². The van der Waals surface area contributed by atoms with Crippen molar-refractivity contribution in [3.8, 4) is 0 Å². The molecule has 224 valence electrons. The van der Waals surface area contributed by atoms with Crippen LogP contribution in [0.15, 0.2) is 22.8 Å². The van der Waals surface area contributed by atoms with Crippen molar-refractivity contribution < 1.29 is 29.0 Å². The highest BCUT2D eigenvalue weighted by Crippen LogP contribution is 2.73. The summed E-state index contributed by atoms with van der Waals surface area (Å²) in [5, 5.41) is 9.26. The number of esters is 2. The molecule has 0 aliphatic heterocycles. The number of fused-ring (bicyclic) bond motifs is 4. The highest BCUT2D eigenvalue weighted by Gasteiger charge is 2.67. The Morgan fingerprint density at radius 3 is 2.15 bits per heavy atom. The van der Waals surface area contributed by atoms with Crippen LogP contribution in [0.25, 0.3) is 0 Å². The predicted molar refractivity (Wildman–Crippen MR) is 155 cm³/mol. The summed E-state index contributed by atoms with van der Waals surface area (Å²) >= 11 is 0. The van der Waals surface area contributed by atoms with E-state index in [4.69, 9.17) is 9.47 Å². The third-order valence-electron chi connectivity index (χ3n) is 12.5. The van der Waals surface area contributed by atoms with Gasteiger partial charge >= 0.3 is 17.9 Å². The molecule has 0 heterocycles. The summed E-state index contributed by atoms with van der Waals surface area (Å²) in [6, 6.07) is 0. The van der Waals surface area contributed by atoms with Gasteiger partial charge in [-0.1, -0.05) is 58.8 Å². The summed E-state index contributed by atoms with van der Waals surface area (Å²) in [7, 11) is 0. The van der Waals surface area contributed by atoms with Crippen LogP contribution < -0.4 is 0 Å². The van der Waals surface area contributed by atoms with Gasteiger partial charge in [-0.15, -0.1) is 0 Å². The van der Waals surface area contributed by atoms with Gasteiger partial charge in [0.15, 0.2) is 0 Å². The minimum absolute atomic E-state index is 0.00934. The van der Waals surface area contributed by atoms with Gasteiger partial charge in [-0.25, -0.2) is 4.79 Å². The van der Waals surface area contributed by atoms with Gasteiger partial charge in [0.2, 0.25) is 0 Å². The van der Waals surface area contributed by atoms with Gasteiger partial charge in [-0.3, -0.25) is 9.59 Å². The molecule has 6 nitrogen and oxygen atoms in total. The summed E-state index contributed by atoms with van der Waals surface area (Å²) in [5.41, 5.74) is 3.21. The molecule has 0 spiro atoms. The van der Waals surface area contributed by atoms with Crippen LogP contribution in [0.4, 0.5) is 0 Å². The van der Waals surface area contributed by atoms with E-state index in [-0.39, 0.29) is 45.8 Å². The van der Waals surface area contributed by atoms with Crippen LogP contribution in [0.3, 0.4) is 0 Å². The van der Waals surface area contributed by atoms with E-state index in [0.29, 0.717) is 23.3 Å². The first kappa shape index (κ1) is 30.8. The number of hydrogen-bond acceptors (Lipinski definition) is 5. The Bertz CT molecular complexity index is 1120. The Labute approximate surface area is 241 Å². The van der Waals surface area contributed by atoms with E-state index >= 15 is 0 Å². The summed E-state index contributed by atoms with van der Waals surface area (Å²) < 4.78 is 12.1. The maximum absolute atomic E-state index is 12.4. The molecule has 0 radical (unpaired) electrons. The third-order valence-corrected chi connectivity index (χ3v) is 12.5. The fraction of sp³-hybridized carbons (Fsp3) is 0.794. The standard InChI is InChI=1S/C34H52O6/c1-20(11-10-12-21(2)30(37)38)26-19-29(40-23(4)36)34(9)25-13-14-27-31(5,6)28(39-22(3)35)16-17-32(27,7)24(25)15-18-33(26,34)8/h12,20,26-29H,10-11,13-19H2,1-9H3,(H,37,38)/b21-12+/t20-,26-,27-,28+,29+,32-,33-,34-/m1/s1. The van der Waals surface area contributed by atoms with Crippen LogP contribution in [0.1, 0.15) is 120 Å². The number of carbonyl (C=O) groups excluding carboxylic acids is 2. The minimum Gasteiger partial charge on any atom is -0.478 e. The van der Waals surface area contributed by atoms with E-state index in [9.17, 15) is 19.5 Å². The zero-order chi connectivity index (χ0) is 29.8. The molecule has 8 atom stereocenters. The average molecular weight is 557 g/mol. The molecule has 4 aliphatic carbocycles. The molecular formula is C34H52O6. The highest BCUT2D eigenvalue weighted by molar-refractivity contribution is 5.85. The fourth-order valence-electron chi connectivity index (χ4n) is 10.2. The number of rotatable bonds is 7. The van der Waals surface area contributed by atoms with Crippen molar-refractivity contribution >= 4 is 17.9 Å². The summed E-state index contributed by atoms with van der Waals surface area (Å²) in [6.45, 7) is 18.9. The largest absolute Gasteiger partial charge is 0.478 e. The van der Waals surface area contributed by atoms with Gasteiger partial charge in [0.25, 0.3) is 0 Å². The Kier molecular flexibility index (Phi) is 8.19. The fourth-order valence-corrected chi connectivity index (χ4v) is 10.2. The van der Waals surface area contributed by atoms with Gasteiger partial charge in [-0.05, 0) is 93.3 Å². The molecule has 4 aliphatic rings. The van der Waals surface area contributed by atoms with Crippen molar-refractivity contribution in [2.75, 3.05) is 0 Å². The van der Waals surface area contributed by atoms with Crippen LogP contribution in [0, 0.1) is 39.4 Å². The van der Waals surface area contributed by atoms with Crippen LogP contribution >= 0.6 is 0 Å². The molecular weight excluding hydrogens is 504 g/mol. The van der Waals surface area contributed by atoms with Gasteiger partial charge in [-0.2, -0.15) is 0 Å². The van der Waals surface area contributed by atoms with E-state index in [1.165, 1.54) is 19.4 Å². The smallest absolute Gasteiger partial charge is 0.330 e. The molecule has 6 heteroatoms. The van der Waals surface area contributed by atoms with Crippen molar-refractivity contribution in [1.29, 1.82) is 0 Å². The second-order valence-electron chi connectivity index (χ2n) is 14.7. The van der Waals surface area contributed by atoms with Crippen LogP contribution in [0.2, 0.25) is 0 Å². The molecule has 2 saturated carbocycles. The SMILES string of the molecule is CC(=O)O[C@H]1CC[C@]2(C)C3=C(CC[C@@H]2C1(C)C)[C@]1(C)[C@@H](OC(C)=O)C[C@H]([C@H](C)CC/C=C(\C)C(=O)O)[C@@]1(C)CC3. The Morgan fingerprint density at radius 1 is 0.925 bits per heavy atom. The number of aliphatic carboxylic acids is 1. The van der Waals surface area contributed by atoms with E-state index in [1.54, 1.807) is 12.5 Å². The molecule has 0 aromatic carbocycles. The number of allylic oxidation sites excluding steroid dienone is 2. The van der Waals surface area contributed by atoms with Crippen molar-refractivity contribution in [1.82, 2.24) is 0 Å². The average Bonchev–Trinajstić information content (AvgIpc) is 3.07. The Hall–Kier alpha value is -2.11. The maximum atomic E-state index is 12.4.